The van der Waals surface area contributed by atoms with Gasteiger partial charge in [-0.05, 0) is 18.1 Å². The molecule has 2 rings (SSSR count). The molecule has 0 saturated heterocycles. The minimum absolute atomic E-state index is 0.110. The number of hydrogen-bond acceptors (Lipinski definition) is 5. The fourth-order valence-electron chi connectivity index (χ4n) is 3.33. The van der Waals surface area contributed by atoms with Crippen molar-refractivity contribution in [1.29, 1.82) is 21.0 Å². The third-order valence-electron chi connectivity index (χ3n) is 4.54. The first-order chi connectivity index (χ1) is 11.0. The lowest BCUT2D eigenvalue weighted by Crippen LogP contribution is -2.42. The molecule has 5 nitrogen and oxygen atoms in total. The molecule has 0 radical (unpaired) electrons. The molecule has 1 aliphatic rings. The van der Waals surface area contributed by atoms with Crippen molar-refractivity contribution in [2.75, 3.05) is 0 Å². The largest absolute Gasteiger partial charge is 0.300 e. The van der Waals surface area contributed by atoms with Crippen LogP contribution in [-0.4, -0.2) is 5.78 Å². The molecule has 0 bridgehead atoms. The highest BCUT2D eigenvalue weighted by Gasteiger charge is 2.55. The van der Waals surface area contributed by atoms with Crippen molar-refractivity contribution in [3.63, 3.8) is 0 Å². The molecule has 0 spiro atoms. The highest BCUT2D eigenvalue weighted by Crippen LogP contribution is 2.49. The van der Waals surface area contributed by atoms with Gasteiger partial charge >= 0.3 is 0 Å². The van der Waals surface area contributed by atoms with Crippen LogP contribution < -0.4 is 0 Å². The average molecular weight is 302 g/mol. The normalized spacial score (nSPS) is 18.1. The van der Waals surface area contributed by atoms with Gasteiger partial charge in [-0.15, -0.1) is 0 Å². The molecule has 112 valence electrons. The molecular formula is C18H14N4O. The van der Waals surface area contributed by atoms with Gasteiger partial charge in [0.2, 0.25) is 0 Å². The zero-order valence-corrected chi connectivity index (χ0v) is 12.7. The SMILES string of the molecule is CC(=O)CC1C(C#N)(C#N)Cc2ccccc2CC1(C#N)C#N. The van der Waals surface area contributed by atoms with E-state index < -0.39 is 16.7 Å². The standard InChI is InChI=1S/C18H14N4O/c1-13(23)6-16-17(9-19,10-20)7-14-4-2-3-5-15(14)8-18(16,11-21)12-22/h2-5,16H,6-8H2,1H3. The summed E-state index contributed by atoms with van der Waals surface area (Å²) >= 11 is 0. The van der Waals surface area contributed by atoms with Crippen LogP contribution in [0.15, 0.2) is 24.3 Å². The Bertz CT molecular complexity index is 724. The molecule has 1 aromatic carbocycles. The Balaban J connectivity index is 2.78. The van der Waals surface area contributed by atoms with Crippen LogP contribution in [0, 0.1) is 62.1 Å². The summed E-state index contributed by atoms with van der Waals surface area (Å²) in [7, 11) is 0. The second kappa shape index (κ2) is 5.92. The van der Waals surface area contributed by atoms with Crippen LogP contribution in [0.3, 0.4) is 0 Å². The molecule has 0 atom stereocenters. The quantitative estimate of drug-likeness (QED) is 0.779. The van der Waals surface area contributed by atoms with Crippen LogP contribution in [0.5, 0.6) is 0 Å². The molecule has 0 fully saturated rings. The van der Waals surface area contributed by atoms with Gasteiger partial charge in [-0.1, -0.05) is 24.3 Å². The van der Waals surface area contributed by atoms with Crippen molar-refractivity contribution >= 4 is 5.78 Å². The second-order valence-electron chi connectivity index (χ2n) is 5.97. The highest BCUT2D eigenvalue weighted by atomic mass is 16.1. The zero-order valence-electron chi connectivity index (χ0n) is 12.7. The molecule has 0 heterocycles. The van der Waals surface area contributed by atoms with Gasteiger partial charge in [0.15, 0.2) is 10.8 Å². The molecule has 0 unspecified atom stereocenters. The van der Waals surface area contributed by atoms with Crippen molar-refractivity contribution in [3.05, 3.63) is 35.4 Å². The fourth-order valence-corrected chi connectivity index (χ4v) is 3.33. The number of carbonyl (C=O) groups excluding carboxylic acids is 1. The Morgan fingerprint density at radius 1 is 1.00 bits per heavy atom. The first kappa shape index (κ1) is 16.2. The Morgan fingerprint density at radius 3 is 1.70 bits per heavy atom. The molecule has 0 aromatic heterocycles. The molecule has 23 heavy (non-hydrogen) atoms. The Labute approximate surface area is 135 Å². The predicted octanol–water partition coefficient (Wildman–Crippen LogP) is 2.45. The lowest BCUT2D eigenvalue weighted by atomic mass is 9.61. The van der Waals surface area contributed by atoms with Crippen LogP contribution >= 0.6 is 0 Å². The minimum atomic E-state index is -1.58. The topological polar surface area (TPSA) is 112 Å². The number of Topliss-reactive ketones (excluding diaryl/α,β-unsaturated/α-hetero) is 1. The van der Waals surface area contributed by atoms with Gasteiger partial charge in [-0.25, -0.2) is 0 Å². The number of carbonyl (C=O) groups is 1. The van der Waals surface area contributed by atoms with Crippen molar-refractivity contribution in [3.8, 4) is 24.3 Å². The maximum Gasteiger partial charge on any atom is 0.153 e. The van der Waals surface area contributed by atoms with E-state index in [0.717, 1.165) is 11.1 Å². The number of nitriles is 4. The second-order valence-corrected chi connectivity index (χ2v) is 5.97. The molecule has 0 aliphatic heterocycles. The van der Waals surface area contributed by atoms with Gasteiger partial charge in [0.25, 0.3) is 0 Å². The number of hydrogen-bond donors (Lipinski definition) is 0. The van der Waals surface area contributed by atoms with Crippen molar-refractivity contribution in [2.45, 2.75) is 26.2 Å². The van der Waals surface area contributed by atoms with E-state index in [1.807, 2.05) is 24.3 Å². The van der Waals surface area contributed by atoms with E-state index in [0.29, 0.717) is 0 Å². The Kier molecular flexibility index (Phi) is 4.18. The van der Waals surface area contributed by atoms with E-state index in [1.165, 1.54) is 6.92 Å². The molecular weight excluding hydrogens is 288 g/mol. The van der Waals surface area contributed by atoms with Crippen LogP contribution in [0.4, 0.5) is 0 Å². The van der Waals surface area contributed by atoms with E-state index in [2.05, 4.69) is 0 Å². The van der Waals surface area contributed by atoms with Gasteiger partial charge in [-0.2, -0.15) is 21.0 Å². The first-order valence-electron chi connectivity index (χ1n) is 7.18. The summed E-state index contributed by atoms with van der Waals surface area (Å²) in [6.45, 7) is 1.34. The lowest BCUT2D eigenvalue weighted by Gasteiger charge is -2.34. The predicted molar refractivity (Wildman–Crippen MR) is 80.0 cm³/mol. The van der Waals surface area contributed by atoms with Gasteiger partial charge in [-0.3, -0.25) is 0 Å². The molecule has 0 amide bonds. The number of nitrogens with zero attached hydrogens (tertiary/aromatic N) is 4. The minimum Gasteiger partial charge on any atom is -0.300 e. The van der Waals surface area contributed by atoms with Crippen LogP contribution in [0.1, 0.15) is 24.5 Å². The molecule has 0 N–H and O–H groups in total. The summed E-state index contributed by atoms with van der Waals surface area (Å²) in [5.41, 5.74) is -1.61. The van der Waals surface area contributed by atoms with Gasteiger partial charge in [0, 0.05) is 25.2 Å². The van der Waals surface area contributed by atoms with E-state index >= 15 is 0 Å². The van der Waals surface area contributed by atoms with E-state index in [4.69, 9.17) is 0 Å². The van der Waals surface area contributed by atoms with Crippen molar-refractivity contribution < 1.29 is 4.79 Å². The summed E-state index contributed by atoms with van der Waals surface area (Å²) in [6.07, 6.45) is 0.0781. The van der Waals surface area contributed by atoms with Crippen LogP contribution in [0.25, 0.3) is 0 Å². The Morgan fingerprint density at radius 2 is 1.39 bits per heavy atom. The third-order valence-corrected chi connectivity index (χ3v) is 4.54. The monoisotopic (exact) mass is 302 g/mol. The lowest BCUT2D eigenvalue weighted by molar-refractivity contribution is -0.119. The van der Waals surface area contributed by atoms with Gasteiger partial charge < -0.3 is 4.79 Å². The first-order valence-corrected chi connectivity index (χ1v) is 7.18. The maximum atomic E-state index is 11.7. The van der Waals surface area contributed by atoms with E-state index in [9.17, 15) is 25.8 Å². The number of fused-ring (bicyclic) bond motifs is 1. The summed E-state index contributed by atoms with van der Waals surface area (Å²) in [5.74, 6) is -1.20. The molecule has 0 saturated carbocycles. The maximum absolute atomic E-state index is 11.7. The summed E-state index contributed by atoms with van der Waals surface area (Å²) in [4.78, 5) is 11.7. The van der Waals surface area contributed by atoms with E-state index in [1.54, 1.807) is 24.3 Å². The van der Waals surface area contributed by atoms with Gasteiger partial charge in [0.1, 0.15) is 5.78 Å². The van der Waals surface area contributed by atoms with Gasteiger partial charge in [0.05, 0.1) is 24.3 Å². The van der Waals surface area contributed by atoms with Crippen molar-refractivity contribution in [2.24, 2.45) is 16.7 Å². The number of ketones is 1. The molecule has 1 aromatic rings. The van der Waals surface area contributed by atoms with Crippen LogP contribution in [-0.2, 0) is 17.6 Å². The number of benzene rings is 1. The highest BCUT2D eigenvalue weighted by molar-refractivity contribution is 5.76. The third kappa shape index (κ3) is 2.55. The van der Waals surface area contributed by atoms with E-state index in [-0.39, 0.29) is 25.0 Å². The summed E-state index contributed by atoms with van der Waals surface area (Å²) < 4.78 is 0. The molecule has 5 heteroatoms. The average Bonchev–Trinajstić information content (AvgIpc) is 2.68. The number of rotatable bonds is 2. The fraction of sp³-hybridized carbons (Fsp3) is 0.389. The smallest absolute Gasteiger partial charge is 0.153 e. The Hall–Kier alpha value is -3.15. The summed E-state index contributed by atoms with van der Waals surface area (Å²) in [6, 6.07) is 15.2. The molecule has 1 aliphatic carbocycles. The summed E-state index contributed by atoms with van der Waals surface area (Å²) in [5, 5.41) is 38.8. The van der Waals surface area contributed by atoms with Crippen LogP contribution in [0.2, 0.25) is 0 Å². The van der Waals surface area contributed by atoms with Crippen molar-refractivity contribution in [1.82, 2.24) is 0 Å². The zero-order chi connectivity index (χ0) is 17.1.